The average molecular weight is 329 g/mol. The fourth-order valence-electron chi connectivity index (χ4n) is 0.800. The fourth-order valence-corrected chi connectivity index (χ4v) is 1.55. The van der Waals surface area contributed by atoms with E-state index in [2.05, 4.69) is 43.8 Å². The minimum absolute atomic E-state index is 0.581. The molecule has 0 aliphatic heterocycles. The molecule has 0 saturated carbocycles. The van der Waals surface area contributed by atoms with Gasteiger partial charge in [0.25, 0.3) is 0 Å². The molecule has 0 aliphatic rings. The maximum atomic E-state index is 5.57. The van der Waals surface area contributed by atoms with Crippen LogP contribution in [-0.4, -0.2) is 6.54 Å². The van der Waals surface area contributed by atoms with Crippen molar-refractivity contribution in [3.8, 4) is 0 Å². The first-order valence-corrected chi connectivity index (χ1v) is 5.53. The van der Waals surface area contributed by atoms with E-state index in [0.717, 1.165) is 10.2 Å². The van der Waals surface area contributed by atoms with Crippen LogP contribution in [0.4, 0.5) is 0 Å². The number of hydrogen-bond acceptors (Lipinski definition) is 2. The zero-order valence-corrected chi connectivity index (χ0v) is 10.7. The molecule has 0 saturated heterocycles. The van der Waals surface area contributed by atoms with Gasteiger partial charge in [-0.15, -0.1) is 0 Å². The highest BCUT2D eigenvalue weighted by Crippen LogP contribution is 2.26. The Balaban J connectivity index is 2.41. The van der Waals surface area contributed by atoms with Crippen LogP contribution in [-0.2, 0) is 6.54 Å². The van der Waals surface area contributed by atoms with E-state index in [1.165, 1.54) is 0 Å². The Morgan fingerprint density at radius 1 is 1.62 bits per heavy atom. The largest absolute Gasteiger partial charge is 0.452 e. The lowest BCUT2D eigenvalue weighted by molar-refractivity contribution is 0.470. The lowest BCUT2D eigenvalue weighted by Gasteiger charge is -1.98. The van der Waals surface area contributed by atoms with Crippen molar-refractivity contribution in [2.24, 2.45) is 0 Å². The van der Waals surface area contributed by atoms with Crippen molar-refractivity contribution in [2.45, 2.75) is 6.54 Å². The van der Waals surface area contributed by atoms with Gasteiger partial charge in [-0.05, 0) is 37.9 Å². The van der Waals surface area contributed by atoms with Gasteiger partial charge in [0.1, 0.15) is 5.76 Å². The van der Waals surface area contributed by atoms with E-state index >= 15 is 0 Å². The highest BCUT2D eigenvalue weighted by molar-refractivity contribution is 9.13. The highest BCUT2D eigenvalue weighted by atomic mass is 79.9. The molecule has 13 heavy (non-hydrogen) atoms. The van der Waals surface area contributed by atoms with E-state index in [4.69, 9.17) is 16.0 Å². The maximum absolute atomic E-state index is 5.57. The first-order valence-electron chi connectivity index (χ1n) is 3.57. The smallest absolute Gasteiger partial charge is 0.183 e. The van der Waals surface area contributed by atoms with E-state index in [1.807, 2.05) is 6.07 Å². The second-order valence-corrected chi connectivity index (χ2v) is 4.56. The molecule has 1 N–H and O–H groups in total. The SMILES string of the molecule is C=C(Cl)CNCc1cc(Br)c(Br)o1. The third-order valence-corrected chi connectivity index (χ3v) is 3.16. The summed E-state index contributed by atoms with van der Waals surface area (Å²) in [5.74, 6) is 0.844. The molecule has 1 aromatic heterocycles. The van der Waals surface area contributed by atoms with Gasteiger partial charge >= 0.3 is 0 Å². The van der Waals surface area contributed by atoms with Crippen LogP contribution in [0.5, 0.6) is 0 Å². The molecule has 0 unspecified atom stereocenters. The standard InChI is InChI=1S/C8H8Br2ClNO/c1-5(11)3-12-4-6-2-7(9)8(10)13-6/h2,12H,1,3-4H2. The van der Waals surface area contributed by atoms with Gasteiger partial charge in [0.2, 0.25) is 0 Å². The Morgan fingerprint density at radius 3 is 2.77 bits per heavy atom. The zero-order chi connectivity index (χ0) is 9.84. The van der Waals surface area contributed by atoms with Crippen molar-refractivity contribution in [3.05, 3.63) is 32.6 Å². The molecular weight excluding hydrogens is 321 g/mol. The Kier molecular flexibility index (Phi) is 4.52. The van der Waals surface area contributed by atoms with Crippen molar-refractivity contribution in [1.82, 2.24) is 5.32 Å². The minimum atomic E-state index is 0.581. The second kappa shape index (κ2) is 5.20. The van der Waals surface area contributed by atoms with E-state index in [1.54, 1.807) is 0 Å². The molecule has 0 aromatic carbocycles. The van der Waals surface area contributed by atoms with Crippen LogP contribution in [0.2, 0.25) is 0 Å². The Labute approximate surface area is 98.6 Å². The molecule has 2 nitrogen and oxygen atoms in total. The normalized spacial score (nSPS) is 10.4. The predicted octanol–water partition coefficient (Wildman–Crippen LogP) is 3.65. The second-order valence-electron chi connectivity index (χ2n) is 2.46. The van der Waals surface area contributed by atoms with Gasteiger partial charge in [0.05, 0.1) is 11.0 Å². The van der Waals surface area contributed by atoms with Gasteiger partial charge < -0.3 is 9.73 Å². The molecule has 0 aliphatic carbocycles. The molecule has 72 valence electrons. The van der Waals surface area contributed by atoms with Crippen LogP contribution in [0.3, 0.4) is 0 Å². The van der Waals surface area contributed by atoms with Crippen LogP contribution < -0.4 is 5.32 Å². The van der Waals surface area contributed by atoms with Gasteiger partial charge in [0, 0.05) is 11.6 Å². The first-order chi connectivity index (χ1) is 6.09. The summed E-state index contributed by atoms with van der Waals surface area (Å²) in [6, 6.07) is 1.90. The number of hydrogen-bond donors (Lipinski definition) is 1. The summed E-state index contributed by atoms with van der Waals surface area (Å²) in [5, 5.41) is 3.66. The topological polar surface area (TPSA) is 25.2 Å². The molecule has 0 atom stereocenters. The molecule has 1 aromatic rings. The predicted molar refractivity (Wildman–Crippen MR) is 60.8 cm³/mol. The van der Waals surface area contributed by atoms with Crippen LogP contribution in [0, 0.1) is 0 Å². The van der Waals surface area contributed by atoms with E-state index in [0.29, 0.717) is 22.8 Å². The summed E-state index contributed by atoms with van der Waals surface area (Å²) in [7, 11) is 0. The summed E-state index contributed by atoms with van der Waals surface area (Å²) >= 11 is 12.2. The van der Waals surface area contributed by atoms with E-state index in [9.17, 15) is 0 Å². The van der Waals surface area contributed by atoms with Crippen LogP contribution in [0.1, 0.15) is 5.76 Å². The summed E-state index contributed by atoms with van der Waals surface area (Å²) in [5.41, 5.74) is 0. The van der Waals surface area contributed by atoms with Crippen molar-refractivity contribution >= 4 is 43.5 Å². The van der Waals surface area contributed by atoms with Gasteiger partial charge in [-0.25, -0.2) is 0 Å². The number of rotatable bonds is 4. The van der Waals surface area contributed by atoms with E-state index < -0.39 is 0 Å². The molecule has 1 heterocycles. The van der Waals surface area contributed by atoms with Gasteiger partial charge in [-0.2, -0.15) is 0 Å². The fraction of sp³-hybridized carbons (Fsp3) is 0.250. The third-order valence-electron chi connectivity index (χ3n) is 1.31. The molecule has 0 amide bonds. The molecule has 0 spiro atoms. The lowest BCUT2D eigenvalue weighted by Crippen LogP contribution is -2.13. The number of furan rings is 1. The third kappa shape index (κ3) is 3.85. The summed E-state index contributed by atoms with van der Waals surface area (Å²) in [6.45, 7) is 4.78. The van der Waals surface area contributed by atoms with Crippen LogP contribution in [0.25, 0.3) is 0 Å². The molecule has 0 radical (unpaired) electrons. The monoisotopic (exact) mass is 327 g/mol. The number of halogens is 3. The van der Waals surface area contributed by atoms with Crippen molar-refractivity contribution < 1.29 is 4.42 Å². The number of nitrogens with one attached hydrogen (secondary N) is 1. The van der Waals surface area contributed by atoms with Crippen molar-refractivity contribution in [1.29, 1.82) is 0 Å². The molecule has 5 heteroatoms. The van der Waals surface area contributed by atoms with Crippen molar-refractivity contribution in [3.63, 3.8) is 0 Å². The zero-order valence-electron chi connectivity index (χ0n) is 6.74. The minimum Gasteiger partial charge on any atom is -0.452 e. The van der Waals surface area contributed by atoms with Gasteiger partial charge in [0.15, 0.2) is 4.67 Å². The summed E-state index contributed by atoms with van der Waals surface area (Å²) < 4.78 is 6.94. The molecule has 0 bridgehead atoms. The molecular formula is C8H8Br2ClNO. The maximum Gasteiger partial charge on any atom is 0.183 e. The molecule has 1 rings (SSSR count). The summed E-state index contributed by atoms with van der Waals surface area (Å²) in [4.78, 5) is 0. The lowest BCUT2D eigenvalue weighted by atomic mass is 10.4. The summed E-state index contributed by atoms with van der Waals surface area (Å²) in [6.07, 6.45) is 0. The van der Waals surface area contributed by atoms with Gasteiger partial charge in [-0.1, -0.05) is 18.2 Å². The van der Waals surface area contributed by atoms with Gasteiger partial charge in [-0.3, -0.25) is 0 Å². The van der Waals surface area contributed by atoms with Crippen LogP contribution in [0.15, 0.2) is 31.2 Å². The van der Waals surface area contributed by atoms with E-state index in [-0.39, 0.29) is 0 Å². The Bertz CT molecular complexity index is 292. The Morgan fingerprint density at radius 2 is 2.31 bits per heavy atom. The Hall–Kier alpha value is 0.230. The van der Waals surface area contributed by atoms with Crippen molar-refractivity contribution in [2.75, 3.05) is 6.54 Å². The quantitative estimate of drug-likeness (QED) is 0.912. The van der Waals surface area contributed by atoms with Crippen LogP contribution >= 0.6 is 43.5 Å². The highest BCUT2D eigenvalue weighted by Gasteiger charge is 2.04. The molecule has 0 fully saturated rings. The average Bonchev–Trinajstić information content (AvgIpc) is 2.30. The first kappa shape index (κ1) is 11.3.